The lowest BCUT2D eigenvalue weighted by Crippen LogP contribution is -2.07. The van der Waals surface area contributed by atoms with Gasteiger partial charge in [-0.05, 0) is 37.5 Å². The smallest absolute Gasteiger partial charge is 0.341 e. The molecule has 0 bridgehead atoms. The van der Waals surface area contributed by atoms with Crippen LogP contribution in [0.25, 0.3) is 0 Å². The fourth-order valence-electron chi connectivity index (χ4n) is 1.81. The van der Waals surface area contributed by atoms with Gasteiger partial charge in [-0.25, -0.2) is 4.79 Å². The fraction of sp³-hybridized carbons (Fsp3) is 0.357. The van der Waals surface area contributed by atoms with Gasteiger partial charge in [-0.1, -0.05) is 18.2 Å². The highest BCUT2D eigenvalue weighted by Gasteiger charge is 2.17. The van der Waals surface area contributed by atoms with Crippen LogP contribution in [0.2, 0.25) is 0 Å². The van der Waals surface area contributed by atoms with Crippen LogP contribution >= 0.6 is 0 Å². The van der Waals surface area contributed by atoms with Gasteiger partial charge in [0, 0.05) is 0 Å². The Labute approximate surface area is 102 Å². The highest BCUT2D eigenvalue weighted by Crippen LogP contribution is 2.28. The average Bonchev–Trinajstić information content (AvgIpc) is 2.26. The summed E-state index contributed by atoms with van der Waals surface area (Å²) in [5.41, 5.74) is 3.44. The number of ether oxygens (including phenoxy) is 2. The van der Waals surface area contributed by atoms with Crippen molar-refractivity contribution >= 4 is 5.97 Å². The number of carbonyl (C=O) groups is 1. The number of allylic oxidation sites excluding steroid dienone is 1. The second kappa shape index (κ2) is 5.53. The maximum absolute atomic E-state index is 11.7. The summed E-state index contributed by atoms with van der Waals surface area (Å²) in [6.07, 6.45) is 0.689. The first-order valence-electron chi connectivity index (χ1n) is 5.39. The summed E-state index contributed by atoms with van der Waals surface area (Å²) in [6.45, 7) is 7.76. The molecule has 1 aromatic carbocycles. The Morgan fingerprint density at radius 1 is 1.35 bits per heavy atom. The largest absolute Gasteiger partial charge is 0.496 e. The number of hydrogen-bond acceptors (Lipinski definition) is 3. The van der Waals surface area contributed by atoms with Crippen molar-refractivity contribution in [2.45, 2.75) is 20.3 Å². The SMILES string of the molecule is C=C(C)Cc1cc(C)cc(C(=O)OC)c1OC. The van der Waals surface area contributed by atoms with E-state index >= 15 is 0 Å². The molecule has 92 valence electrons. The van der Waals surface area contributed by atoms with E-state index in [0.717, 1.165) is 16.7 Å². The zero-order chi connectivity index (χ0) is 13.0. The summed E-state index contributed by atoms with van der Waals surface area (Å²) in [5, 5.41) is 0. The molecule has 0 fully saturated rings. The molecule has 1 rings (SSSR count). The predicted octanol–water partition coefficient (Wildman–Crippen LogP) is 2.91. The quantitative estimate of drug-likeness (QED) is 0.593. The van der Waals surface area contributed by atoms with Gasteiger partial charge >= 0.3 is 5.97 Å². The van der Waals surface area contributed by atoms with E-state index in [-0.39, 0.29) is 5.97 Å². The highest BCUT2D eigenvalue weighted by molar-refractivity contribution is 5.93. The molecule has 3 nitrogen and oxygen atoms in total. The first-order chi connectivity index (χ1) is 7.99. The highest BCUT2D eigenvalue weighted by atomic mass is 16.5. The van der Waals surface area contributed by atoms with Crippen LogP contribution in [0.3, 0.4) is 0 Å². The summed E-state index contributed by atoms with van der Waals surface area (Å²) in [7, 11) is 2.92. The van der Waals surface area contributed by atoms with Crippen LogP contribution in [0.1, 0.15) is 28.4 Å². The van der Waals surface area contributed by atoms with Crippen LogP contribution in [0.5, 0.6) is 5.75 Å². The predicted molar refractivity (Wildman–Crippen MR) is 67.6 cm³/mol. The standard InChI is InChI=1S/C14H18O3/c1-9(2)6-11-7-10(3)8-12(13(11)16-4)14(15)17-5/h7-8H,1,6H2,2-5H3. The molecule has 0 N–H and O–H groups in total. The summed E-state index contributed by atoms with van der Waals surface area (Å²) < 4.78 is 10.1. The number of esters is 1. The topological polar surface area (TPSA) is 35.5 Å². The van der Waals surface area contributed by atoms with Crippen molar-refractivity contribution in [3.63, 3.8) is 0 Å². The summed E-state index contributed by atoms with van der Waals surface area (Å²) >= 11 is 0. The van der Waals surface area contributed by atoms with Crippen molar-refractivity contribution in [2.24, 2.45) is 0 Å². The lowest BCUT2D eigenvalue weighted by molar-refractivity contribution is 0.0596. The Balaban J connectivity index is 3.34. The first kappa shape index (κ1) is 13.3. The van der Waals surface area contributed by atoms with Crippen molar-refractivity contribution in [1.82, 2.24) is 0 Å². The van der Waals surface area contributed by atoms with E-state index in [1.54, 1.807) is 13.2 Å². The van der Waals surface area contributed by atoms with E-state index in [1.165, 1.54) is 7.11 Å². The van der Waals surface area contributed by atoms with Gasteiger partial charge in [0.05, 0.1) is 14.2 Å². The molecule has 0 unspecified atom stereocenters. The molecule has 0 heterocycles. The van der Waals surface area contributed by atoms with Gasteiger partial charge in [0.2, 0.25) is 0 Å². The van der Waals surface area contributed by atoms with Crippen LogP contribution in [-0.2, 0) is 11.2 Å². The van der Waals surface area contributed by atoms with E-state index in [2.05, 4.69) is 6.58 Å². The van der Waals surface area contributed by atoms with E-state index < -0.39 is 0 Å². The lowest BCUT2D eigenvalue weighted by atomic mass is 10.00. The van der Waals surface area contributed by atoms with E-state index in [0.29, 0.717) is 17.7 Å². The van der Waals surface area contributed by atoms with Gasteiger partial charge in [-0.2, -0.15) is 0 Å². The minimum Gasteiger partial charge on any atom is -0.496 e. The Morgan fingerprint density at radius 3 is 2.47 bits per heavy atom. The third-order valence-electron chi connectivity index (χ3n) is 2.41. The molecule has 0 atom stereocenters. The minimum absolute atomic E-state index is 0.381. The van der Waals surface area contributed by atoms with Gasteiger partial charge in [0.25, 0.3) is 0 Å². The number of rotatable bonds is 4. The van der Waals surface area contributed by atoms with Crippen LogP contribution in [-0.4, -0.2) is 20.2 Å². The first-order valence-corrected chi connectivity index (χ1v) is 5.39. The van der Waals surface area contributed by atoms with Crippen LogP contribution in [0, 0.1) is 6.92 Å². The summed E-state index contributed by atoms with van der Waals surface area (Å²) in [5.74, 6) is 0.193. The number of methoxy groups -OCH3 is 2. The molecule has 1 aromatic rings. The Kier molecular flexibility index (Phi) is 4.32. The van der Waals surface area contributed by atoms with E-state index in [9.17, 15) is 4.79 Å². The number of benzene rings is 1. The molecule has 3 heteroatoms. The molecular formula is C14H18O3. The van der Waals surface area contributed by atoms with Crippen molar-refractivity contribution in [3.05, 3.63) is 41.0 Å². The molecule has 0 spiro atoms. The number of hydrogen-bond donors (Lipinski definition) is 0. The average molecular weight is 234 g/mol. The Bertz CT molecular complexity index is 447. The van der Waals surface area contributed by atoms with Gasteiger partial charge in [-0.15, -0.1) is 0 Å². The van der Waals surface area contributed by atoms with Crippen molar-refractivity contribution in [3.8, 4) is 5.75 Å². The second-order valence-electron chi connectivity index (χ2n) is 4.13. The molecular weight excluding hydrogens is 216 g/mol. The van der Waals surface area contributed by atoms with E-state index in [4.69, 9.17) is 9.47 Å². The molecule has 17 heavy (non-hydrogen) atoms. The third-order valence-corrected chi connectivity index (χ3v) is 2.41. The van der Waals surface area contributed by atoms with Crippen molar-refractivity contribution in [2.75, 3.05) is 14.2 Å². The molecule has 0 aromatic heterocycles. The zero-order valence-electron chi connectivity index (χ0n) is 10.8. The normalized spacial score (nSPS) is 9.88. The minimum atomic E-state index is -0.381. The number of aryl methyl sites for hydroxylation is 1. The molecule has 0 aliphatic carbocycles. The lowest BCUT2D eigenvalue weighted by Gasteiger charge is -2.13. The third kappa shape index (κ3) is 3.09. The molecule has 0 aliphatic rings. The molecule has 0 aliphatic heterocycles. The van der Waals surface area contributed by atoms with Crippen molar-refractivity contribution < 1.29 is 14.3 Å². The number of carbonyl (C=O) groups excluding carboxylic acids is 1. The maximum Gasteiger partial charge on any atom is 0.341 e. The van der Waals surface area contributed by atoms with E-state index in [1.807, 2.05) is 19.9 Å². The zero-order valence-corrected chi connectivity index (χ0v) is 10.8. The van der Waals surface area contributed by atoms with Gasteiger partial charge in [0.1, 0.15) is 11.3 Å². The van der Waals surface area contributed by atoms with Gasteiger partial charge in [-0.3, -0.25) is 0 Å². The van der Waals surface area contributed by atoms with Crippen LogP contribution in [0.15, 0.2) is 24.3 Å². The second-order valence-corrected chi connectivity index (χ2v) is 4.13. The Morgan fingerprint density at radius 2 is 2.00 bits per heavy atom. The van der Waals surface area contributed by atoms with Crippen molar-refractivity contribution in [1.29, 1.82) is 0 Å². The maximum atomic E-state index is 11.7. The summed E-state index contributed by atoms with van der Waals surface area (Å²) in [4.78, 5) is 11.7. The molecule has 0 amide bonds. The Hall–Kier alpha value is -1.77. The van der Waals surface area contributed by atoms with Gasteiger partial charge < -0.3 is 9.47 Å². The molecule has 0 saturated heterocycles. The van der Waals surface area contributed by atoms with Crippen LogP contribution in [0.4, 0.5) is 0 Å². The fourth-order valence-corrected chi connectivity index (χ4v) is 1.81. The van der Waals surface area contributed by atoms with Gasteiger partial charge in [0.15, 0.2) is 0 Å². The summed E-state index contributed by atoms with van der Waals surface area (Å²) in [6, 6.07) is 3.77. The monoisotopic (exact) mass is 234 g/mol. The molecule has 0 radical (unpaired) electrons. The van der Waals surface area contributed by atoms with Crippen LogP contribution < -0.4 is 4.74 Å². The molecule has 0 saturated carbocycles.